The molecule has 0 aliphatic heterocycles. The van der Waals surface area contributed by atoms with Crippen LogP contribution < -0.4 is 16.0 Å². The molecule has 4 amide bonds. The number of benzene rings is 2. The quantitative estimate of drug-likeness (QED) is 0.202. The Morgan fingerprint density at radius 2 is 1.51 bits per heavy atom. The van der Waals surface area contributed by atoms with Crippen LogP contribution in [0.25, 0.3) is 0 Å². The lowest BCUT2D eigenvalue weighted by atomic mass is 10.0. The molecule has 0 radical (unpaired) electrons. The molecule has 0 aliphatic rings. The number of ether oxygens (including phenoxy) is 1. The molecule has 0 aliphatic carbocycles. The molecule has 39 heavy (non-hydrogen) atoms. The summed E-state index contributed by atoms with van der Waals surface area (Å²) in [6.07, 6.45) is -0.772. The Bertz CT molecular complexity index is 1190. The molecule has 0 aromatic heterocycles. The molecule has 212 valence electrons. The van der Waals surface area contributed by atoms with Gasteiger partial charge in [0.15, 0.2) is 0 Å². The Morgan fingerprint density at radius 1 is 0.897 bits per heavy atom. The van der Waals surface area contributed by atoms with Gasteiger partial charge >= 0.3 is 13.7 Å². The molecule has 6 N–H and O–H groups in total. The van der Waals surface area contributed by atoms with Crippen LogP contribution in [0.4, 0.5) is 4.79 Å². The summed E-state index contributed by atoms with van der Waals surface area (Å²) in [4.78, 5) is 69.7. The second-order valence-electron chi connectivity index (χ2n) is 8.89. The van der Waals surface area contributed by atoms with Crippen LogP contribution in [-0.2, 0) is 36.7 Å². The highest BCUT2D eigenvalue weighted by molar-refractivity contribution is 7.52. The van der Waals surface area contributed by atoms with E-state index in [9.17, 15) is 38.6 Å². The van der Waals surface area contributed by atoms with Crippen molar-refractivity contribution in [3.05, 3.63) is 65.7 Å². The molecule has 0 unspecified atom stereocenters. The maximum atomic E-state index is 13.0. The highest BCUT2D eigenvalue weighted by atomic mass is 31.2. The fourth-order valence-electron chi connectivity index (χ4n) is 3.22. The van der Waals surface area contributed by atoms with Crippen molar-refractivity contribution >= 4 is 31.4 Å². The van der Waals surface area contributed by atoms with Crippen LogP contribution in [0.3, 0.4) is 0 Å². The third-order valence-corrected chi connectivity index (χ3v) is 6.67. The normalized spacial score (nSPS) is 13.4. The summed E-state index contributed by atoms with van der Waals surface area (Å²) < 4.78 is 16.5. The van der Waals surface area contributed by atoms with Crippen LogP contribution in [0.2, 0.25) is 0 Å². The van der Waals surface area contributed by atoms with Crippen LogP contribution >= 0.6 is 7.60 Å². The molecule has 0 saturated carbocycles. The lowest BCUT2D eigenvalue weighted by molar-refractivity contribution is -0.132. The molecule has 3 atom stereocenters. The lowest BCUT2D eigenvalue weighted by Crippen LogP contribution is -2.55. The van der Waals surface area contributed by atoms with E-state index in [4.69, 9.17) is 4.74 Å². The summed E-state index contributed by atoms with van der Waals surface area (Å²) in [6, 6.07) is 12.5. The molecule has 0 fully saturated rings. The number of likely N-dealkylation sites (N-methyl/N-ethyl adjacent to an activating group) is 1. The number of aromatic hydroxyl groups is 1. The second-order valence-corrected chi connectivity index (χ2v) is 10.8. The summed E-state index contributed by atoms with van der Waals surface area (Å²) >= 11 is 0. The first-order chi connectivity index (χ1) is 18.3. The summed E-state index contributed by atoms with van der Waals surface area (Å²) in [5, 5.41) is 16.6. The minimum Gasteiger partial charge on any atom is -0.508 e. The van der Waals surface area contributed by atoms with Crippen molar-refractivity contribution in [3.63, 3.8) is 0 Å². The zero-order valence-electron chi connectivity index (χ0n) is 21.7. The second kappa shape index (κ2) is 14.3. The van der Waals surface area contributed by atoms with Crippen LogP contribution in [-0.4, -0.2) is 75.1 Å². The van der Waals surface area contributed by atoms with Gasteiger partial charge in [0.05, 0.1) is 0 Å². The van der Waals surface area contributed by atoms with E-state index < -0.39 is 55.8 Å². The number of phenolic OH excluding ortho intramolecular Hbond substituents is 1. The average Bonchev–Trinajstić information content (AvgIpc) is 2.87. The number of carbonyl (C=O) groups is 4. The van der Waals surface area contributed by atoms with E-state index in [2.05, 4.69) is 16.0 Å². The molecular formula is C25H33N4O9P. The topological polar surface area (TPSA) is 195 Å². The van der Waals surface area contributed by atoms with Crippen molar-refractivity contribution in [2.75, 3.05) is 13.6 Å². The third-order valence-electron chi connectivity index (χ3n) is 5.53. The van der Waals surface area contributed by atoms with Gasteiger partial charge < -0.3 is 40.5 Å². The number of nitrogens with one attached hydrogen (secondary N) is 3. The Hall–Kier alpha value is -3.93. The average molecular weight is 565 g/mol. The maximum Gasteiger partial charge on any atom is 0.410 e. The van der Waals surface area contributed by atoms with Gasteiger partial charge in [-0.15, -0.1) is 0 Å². The molecule has 2 aromatic rings. The van der Waals surface area contributed by atoms with Crippen molar-refractivity contribution in [3.8, 4) is 5.75 Å². The molecule has 0 saturated heterocycles. The van der Waals surface area contributed by atoms with Crippen molar-refractivity contribution < 1.29 is 43.4 Å². The molecule has 0 bridgehead atoms. The Labute approximate surface area is 225 Å². The lowest BCUT2D eigenvalue weighted by Gasteiger charge is -2.24. The van der Waals surface area contributed by atoms with E-state index in [0.717, 1.165) is 17.4 Å². The first-order valence-corrected chi connectivity index (χ1v) is 13.6. The van der Waals surface area contributed by atoms with Gasteiger partial charge in [-0.2, -0.15) is 0 Å². The standard InChI is InChI=1S/C25H33N4O9P/c1-16(23(32)27-17(2)39(35,36)37)26-24(33)21(13-18-9-11-20(30)12-10-18)28-22(31)14-29(3)25(34)38-15-19-7-5-4-6-8-19/h4-12,16-17,21,30H,13-15H2,1-3H3,(H,26,33)(H,27,32)(H,28,31)(H2,35,36,37)/t16-,17+,21-/m0/s1. The zero-order valence-corrected chi connectivity index (χ0v) is 22.6. The molecular weight excluding hydrogens is 531 g/mol. The van der Waals surface area contributed by atoms with E-state index in [1.807, 2.05) is 6.07 Å². The zero-order chi connectivity index (χ0) is 29.2. The highest BCUT2D eigenvalue weighted by Gasteiger charge is 2.30. The summed E-state index contributed by atoms with van der Waals surface area (Å²) in [5.74, 6) is -3.73. The third kappa shape index (κ3) is 10.8. The number of hydrogen-bond donors (Lipinski definition) is 6. The Balaban J connectivity index is 2.03. The Morgan fingerprint density at radius 3 is 2.10 bits per heavy atom. The fourth-order valence-corrected chi connectivity index (χ4v) is 3.52. The number of phenols is 1. The van der Waals surface area contributed by atoms with Crippen molar-refractivity contribution in [2.24, 2.45) is 0 Å². The number of nitrogens with zero attached hydrogens (tertiary/aromatic N) is 1. The number of rotatable bonds is 12. The number of carbonyl (C=O) groups excluding carboxylic acids is 4. The van der Waals surface area contributed by atoms with Crippen molar-refractivity contribution in [1.82, 2.24) is 20.9 Å². The predicted octanol–water partition coefficient (Wildman–Crippen LogP) is 0.833. The smallest absolute Gasteiger partial charge is 0.410 e. The highest BCUT2D eigenvalue weighted by Crippen LogP contribution is 2.39. The van der Waals surface area contributed by atoms with Crippen LogP contribution in [0.1, 0.15) is 25.0 Å². The molecule has 0 spiro atoms. The summed E-state index contributed by atoms with van der Waals surface area (Å²) in [5.41, 5.74) is 1.35. The van der Waals surface area contributed by atoms with E-state index in [0.29, 0.717) is 5.56 Å². The largest absolute Gasteiger partial charge is 0.508 e. The monoisotopic (exact) mass is 564 g/mol. The van der Waals surface area contributed by atoms with E-state index in [1.54, 1.807) is 36.4 Å². The first kappa shape index (κ1) is 31.3. The SMILES string of the molecule is C[C@H](NC(=O)[C@H](Cc1ccc(O)cc1)NC(=O)CN(C)C(=O)OCc1ccccc1)C(=O)N[C@@H](C)P(=O)(O)O. The van der Waals surface area contributed by atoms with Gasteiger partial charge in [0.25, 0.3) is 0 Å². The molecule has 0 heterocycles. The van der Waals surface area contributed by atoms with Crippen molar-refractivity contribution in [1.29, 1.82) is 0 Å². The van der Waals surface area contributed by atoms with Gasteiger partial charge in [0.1, 0.15) is 36.8 Å². The van der Waals surface area contributed by atoms with Gasteiger partial charge in [-0.25, -0.2) is 4.79 Å². The van der Waals surface area contributed by atoms with Gasteiger partial charge in [-0.1, -0.05) is 42.5 Å². The fraction of sp³-hybridized carbons (Fsp3) is 0.360. The predicted molar refractivity (Wildman–Crippen MR) is 140 cm³/mol. The van der Waals surface area contributed by atoms with E-state index in [-0.39, 0.29) is 18.8 Å². The van der Waals surface area contributed by atoms with Crippen molar-refractivity contribution in [2.45, 2.75) is 44.7 Å². The van der Waals surface area contributed by atoms with Gasteiger partial charge in [-0.3, -0.25) is 18.9 Å². The van der Waals surface area contributed by atoms with Crippen LogP contribution in [0.5, 0.6) is 5.75 Å². The maximum absolute atomic E-state index is 13.0. The van der Waals surface area contributed by atoms with Crippen LogP contribution in [0.15, 0.2) is 54.6 Å². The number of hydrogen-bond acceptors (Lipinski definition) is 7. The molecule has 14 heteroatoms. The Kier molecular flexibility index (Phi) is 11.5. The number of amides is 4. The molecule has 2 aromatic carbocycles. The summed E-state index contributed by atoms with van der Waals surface area (Å²) in [6.45, 7) is 2.03. The first-order valence-electron chi connectivity index (χ1n) is 11.9. The van der Waals surface area contributed by atoms with E-state index >= 15 is 0 Å². The minimum absolute atomic E-state index is 0.00361. The van der Waals surface area contributed by atoms with E-state index in [1.165, 1.54) is 26.1 Å². The minimum atomic E-state index is -4.58. The van der Waals surface area contributed by atoms with Gasteiger partial charge in [0, 0.05) is 13.5 Å². The summed E-state index contributed by atoms with van der Waals surface area (Å²) in [7, 11) is -3.22. The molecule has 2 rings (SSSR count). The van der Waals surface area contributed by atoms with Crippen LogP contribution in [0, 0.1) is 0 Å². The van der Waals surface area contributed by atoms with Gasteiger partial charge in [-0.05, 0) is 37.1 Å². The van der Waals surface area contributed by atoms with Gasteiger partial charge in [0.2, 0.25) is 17.7 Å². The molecule has 13 nitrogen and oxygen atoms in total.